The van der Waals surface area contributed by atoms with Crippen LogP contribution in [0, 0.1) is 0 Å². The van der Waals surface area contributed by atoms with Crippen molar-refractivity contribution in [2.75, 3.05) is 7.05 Å². The van der Waals surface area contributed by atoms with Crippen molar-refractivity contribution in [1.29, 1.82) is 0 Å². The number of aliphatic imine (C=N–C) groups is 1. The van der Waals surface area contributed by atoms with Crippen molar-refractivity contribution in [2.45, 2.75) is 5.08 Å². The van der Waals surface area contributed by atoms with Crippen LogP contribution in [0.5, 0.6) is 0 Å². The van der Waals surface area contributed by atoms with Crippen LogP contribution in [-0.4, -0.2) is 23.2 Å². The molecule has 1 aliphatic heterocycles. The van der Waals surface area contributed by atoms with Crippen LogP contribution < -0.4 is 5.73 Å². The van der Waals surface area contributed by atoms with E-state index >= 15 is 0 Å². The molecule has 0 amide bonds. The van der Waals surface area contributed by atoms with Crippen molar-refractivity contribution in [3.05, 3.63) is 11.9 Å². The number of hydrogen-bond donors (Lipinski definition) is 1. The Balaban J connectivity index is 2.70. The maximum atomic E-state index is 5.44. The van der Waals surface area contributed by atoms with Crippen LogP contribution in [0.15, 0.2) is 16.9 Å². The minimum atomic E-state index is 0.0461. The Kier molecular flexibility index (Phi) is 1.75. The molecule has 0 bridgehead atoms. The second kappa shape index (κ2) is 2.39. The van der Waals surface area contributed by atoms with Gasteiger partial charge in [0, 0.05) is 19.5 Å². The SMILES string of the molecule is CN1C=C(N)C=NC1Br. The first-order valence-electron chi connectivity index (χ1n) is 2.56. The molecule has 0 aliphatic carbocycles. The summed E-state index contributed by atoms with van der Waals surface area (Å²) < 4.78 is 0. The van der Waals surface area contributed by atoms with Gasteiger partial charge < -0.3 is 10.6 Å². The second-order valence-corrected chi connectivity index (χ2v) is 2.70. The average molecular weight is 190 g/mol. The number of hydrogen-bond acceptors (Lipinski definition) is 3. The van der Waals surface area contributed by atoms with E-state index in [1.807, 2.05) is 18.1 Å². The van der Waals surface area contributed by atoms with Gasteiger partial charge in [-0.3, -0.25) is 4.99 Å². The molecular weight excluding hydrogens is 182 g/mol. The van der Waals surface area contributed by atoms with Gasteiger partial charge in [-0.2, -0.15) is 0 Å². The van der Waals surface area contributed by atoms with Crippen LogP contribution in [0.1, 0.15) is 0 Å². The third kappa shape index (κ3) is 1.45. The van der Waals surface area contributed by atoms with Crippen LogP contribution in [0.2, 0.25) is 0 Å². The predicted octanol–water partition coefficient (Wildman–Crippen LogP) is 0.481. The standard InChI is InChI=1S/C5H8BrN3/c1-9-3-4(7)2-8-5(9)6/h2-3,5H,7H2,1H3. The molecule has 0 saturated carbocycles. The highest BCUT2D eigenvalue weighted by Gasteiger charge is 2.07. The molecule has 3 nitrogen and oxygen atoms in total. The van der Waals surface area contributed by atoms with Crippen LogP contribution in [0.4, 0.5) is 0 Å². The lowest BCUT2D eigenvalue weighted by molar-refractivity contribution is 0.438. The van der Waals surface area contributed by atoms with Crippen LogP contribution in [0.25, 0.3) is 0 Å². The van der Waals surface area contributed by atoms with Crippen molar-refractivity contribution in [2.24, 2.45) is 10.7 Å². The Morgan fingerprint density at radius 2 is 2.56 bits per heavy atom. The Morgan fingerprint density at radius 1 is 1.89 bits per heavy atom. The lowest BCUT2D eigenvalue weighted by Gasteiger charge is -2.20. The summed E-state index contributed by atoms with van der Waals surface area (Å²) in [6.07, 6.45) is 3.46. The number of alkyl halides is 1. The Morgan fingerprint density at radius 3 is 3.00 bits per heavy atom. The highest BCUT2D eigenvalue weighted by molar-refractivity contribution is 9.09. The fraction of sp³-hybridized carbons (Fsp3) is 0.400. The molecule has 0 aromatic carbocycles. The van der Waals surface area contributed by atoms with Gasteiger partial charge >= 0.3 is 0 Å². The van der Waals surface area contributed by atoms with Gasteiger partial charge in [0.05, 0.1) is 5.70 Å². The van der Waals surface area contributed by atoms with E-state index in [1.165, 1.54) is 0 Å². The molecule has 9 heavy (non-hydrogen) atoms. The Hall–Kier alpha value is -0.510. The molecule has 0 aromatic rings. The summed E-state index contributed by atoms with van der Waals surface area (Å²) in [6.45, 7) is 0. The van der Waals surface area contributed by atoms with Gasteiger partial charge in [-0.05, 0) is 15.9 Å². The summed E-state index contributed by atoms with van der Waals surface area (Å²) >= 11 is 3.31. The molecule has 2 N–H and O–H groups in total. The van der Waals surface area contributed by atoms with Gasteiger partial charge in [0.2, 0.25) is 0 Å². The second-order valence-electron chi connectivity index (χ2n) is 1.88. The maximum absolute atomic E-state index is 5.44. The topological polar surface area (TPSA) is 41.6 Å². The fourth-order valence-corrected chi connectivity index (χ4v) is 0.819. The summed E-state index contributed by atoms with van der Waals surface area (Å²) in [6, 6.07) is 0. The monoisotopic (exact) mass is 189 g/mol. The molecule has 1 heterocycles. The van der Waals surface area contributed by atoms with E-state index < -0.39 is 0 Å². The van der Waals surface area contributed by atoms with E-state index in [2.05, 4.69) is 20.9 Å². The molecule has 1 atom stereocenters. The Labute approximate surface area is 62.4 Å². The molecule has 0 saturated heterocycles. The zero-order chi connectivity index (χ0) is 6.85. The van der Waals surface area contributed by atoms with Crippen molar-refractivity contribution in [3.8, 4) is 0 Å². The summed E-state index contributed by atoms with van der Waals surface area (Å²) in [5, 5.41) is 0.0461. The number of halogens is 1. The van der Waals surface area contributed by atoms with Gasteiger partial charge in [-0.25, -0.2) is 0 Å². The van der Waals surface area contributed by atoms with E-state index in [0.717, 1.165) is 0 Å². The largest absolute Gasteiger partial charge is 0.396 e. The van der Waals surface area contributed by atoms with Crippen LogP contribution in [-0.2, 0) is 0 Å². The predicted molar refractivity (Wildman–Crippen MR) is 41.2 cm³/mol. The van der Waals surface area contributed by atoms with E-state index in [1.54, 1.807) is 6.21 Å². The fourth-order valence-electron chi connectivity index (χ4n) is 0.583. The van der Waals surface area contributed by atoms with E-state index in [4.69, 9.17) is 5.73 Å². The smallest absolute Gasteiger partial charge is 0.177 e. The lowest BCUT2D eigenvalue weighted by atomic mass is 10.5. The number of rotatable bonds is 0. The van der Waals surface area contributed by atoms with Gasteiger partial charge in [0.1, 0.15) is 0 Å². The molecule has 50 valence electrons. The van der Waals surface area contributed by atoms with Gasteiger partial charge in [0.15, 0.2) is 5.08 Å². The van der Waals surface area contributed by atoms with Gasteiger partial charge in [0.25, 0.3) is 0 Å². The Bertz CT molecular complexity index is 164. The van der Waals surface area contributed by atoms with Gasteiger partial charge in [-0.1, -0.05) is 0 Å². The molecule has 0 aromatic heterocycles. The first-order valence-corrected chi connectivity index (χ1v) is 3.48. The number of allylic oxidation sites excluding steroid dienone is 1. The normalized spacial score (nSPS) is 26.2. The first kappa shape index (κ1) is 6.61. The van der Waals surface area contributed by atoms with Crippen molar-refractivity contribution in [3.63, 3.8) is 0 Å². The first-order chi connectivity index (χ1) is 4.20. The van der Waals surface area contributed by atoms with Crippen LogP contribution in [0.3, 0.4) is 0 Å². The van der Waals surface area contributed by atoms with Crippen molar-refractivity contribution >= 4 is 22.1 Å². The average Bonchev–Trinajstić information content (AvgIpc) is 1.80. The third-order valence-electron chi connectivity index (χ3n) is 1.04. The van der Waals surface area contributed by atoms with E-state index in [0.29, 0.717) is 5.70 Å². The summed E-state index contributed by atoms with van der Waals surface area (Å²) in [5.41, 5.74) is 6.12. The van der Waals surface area contributed by atoms with Crippen molar-refractivity contribution < 1.29 is 0 Å². The zero-order valence-electron chi connectivity index (χ0n) is 5.08. The molecule has 1 unspecified atom stereocenters. The zero-order valence-corrected chi connectivity index (χ0v) is 6.67. The molecule has 0 spiro atoms. The van der Waals surface area contributed by atoms with E-state index in [9.17, 15) is 0 Å². The molecule has 1 aliphatic rings. The summed E-state index contributed by atoms with van der Waals surface area (Å²) in [4.78, 5) is 5.90. The molecule has 0 fully saturated rings. The minimum absolute atomic E-state index is 0.0461. The van der Waals surface area contributed by atoms with Gasteiger partial charge in [-0.15, -0.1) is 0 Å². The highest BCUT2D eigenvalue weighted by atomic mass is 79.9. The number of nitrogens with two attached hydrogens (primary N) is 1. The molecule has 4 heteroatoms. The summed E-state index contributed by atoms with van der Waals surface area (Å²) in [5.74, 6) is 0. The maximum Gasteiger partial charge on any atom is 0.177 e. The molecule has 0 radical (unpaired) electrons. The third-order valence-corrected chi connectivity index (χ3v) is 1.92. The summed E-state index contributed by atoms with van der Waals surface area (Å²) in [7, 11) is 1.91. The lowest BCUT2D eigenvalue weighted by Crippen LogP contribution is -2.25. The molecular formula is C5H8BrN3. The highest BCUT2D eigenvalue weighted by Crippen LogP contribution is 2.10. The minimum Gasteiger partial charge on any atom is -0.396 e. The van der Waals surface area contributed by atoms with Crippen molar-refractivity contribution in [1.82, 2.24) is 4.90 Å². The quantitative estimate of drug-likeness (QED) is 0.446. The molecule has 1 rings (SSSR count). The van der Waals surface area contributed by atoms with E-state index in [-0.39, 0.29) is 5.08 Å². The van der Waals surface area contributed by atoms with Crippen LogP contribution >= 0.6 is 15.9 Å². The number of nitrogens with zero attached hydrogens (tertiary/aromatic N) is 2.